The van der Waals surface area contributed by atoms with E-state index in [9.17, 15) is 4.79 Å². The molecule has 3 rings (SSSR count). The molecule has 0 radical (unpaired) electrons. The third-order valence-corrected chi connectivity index (χ3v) is 3.37. The molecule has 18 heavy (non-hydrogen) atoms. The van der Waals surface area contributed by atoms with Crippen LogP contribution in [0.5, 0.6) is 0 Å². The topological polar surface area (TPSA) is 58.6 Å². The average Bonchev–Trinajstić information content (AvgIpc) is 2.68. The minimum absolute atomic E-state index is 0.107. The van der Waals surface area contributed by atoms with Gasteiger partial charge in [-0.3, -0.25) is 14.8 Å². The molecule has 0 atom stereocenters. The Morgan fingerprint density at radius 2 is 2.00 bits per heavy atom. The Labute approximate surface area is 106 Å². The molecule has 0 aliphatic rings. The Bertz CT molecular complexity index is 879. The minimum atomic E-state index is -0.107. The van der Waals surface area contributed by atoms with Gasteiger partial charge in [-0.1, -0.05) is 12.6 Å². The first kappa shape index (κ1) is 10.9. The minimum Gasteiger partial charge on any atom is -0.313 e. The molecule has 0 aliphatic carbocycles. The van der Waals surface area contributed by atoms with Crippen LogP contribution >= 0.6 is 11.3 Å². The van der Waals surface area contributed by atoms with E-state index >= 15 is 0 Å². The molecule has 0 fully saturated rings. The number of benzene rings is 1. The highest BCUT2D eigenvalue weighted by Gasteiger charge is 1.97. The highest BCUT2D eigenvalue weighted by atomic mass is 32.1. The van der Waals surface area contributed by atoms with Crippen molar-refractivity contribution in [2.75, 3.05) is 0 Å². The summed E-state index contributed by atoms with van der Waals surface area (Å²) in [6.07, 6.45) is 5.13. The Morgan fingerprint density at radius 1 is 1.22 bits per heavy atom. The molecule has 0 bridgehead atoms. The standard InChI is InChI=1S/C13H9N3OS/c1-8-16-13(17)12(18-8)7-9-2-3-10-11(6-9)15-5-4-14-10/h2-7H,1H2,(H,16,17)/b12-7-. The molecule has 1 N–H and O–H groups in total. The van der Waals surface area contributed by atoms with E-state index in [-0.39, 0.29) is 5.56 Å². The zero-order valence-electron chi connectivity index (χ0n) is 9.38. The lowest BCUT2D eigenvalue weighted by molar-refractivity contribution is 1.26. The molecule has 0 amide bonds. The number of nitrogens with zero attached hydrogens (tertiary/aromatic N) is 2. The molecular formula is C13H9N3OS. The summed E-state index contributed by atoms with van der Waals surface area (Å²) in [5.41, 5.74) is 2.47. The molecule has 3 aromatic rings. The maximum atomic E-state index is 11.6. The zero-order chi connectivity index (χ0) is 12.5. The number of hydrogen-bond acceptors (Lipinski definition) is 4. The Hall–Kier alpha value is -2.27. The van der Waals surface area contributed by atoms with Crippen molar-refractivity contribution in [2.24, 2.45) is 0 Å². The van der Waals surface area contributed by atoms with Crippen LogP contribution in [-0.4, -0.2) is 15.0 Å². The van der Waals surface area contributed by atoms with Gasteiger partial charge in [-0.25, -0.2) is 0 Å². The average molecular weight is 255 g/mol. The van der Waals surface area contributed by atoms with Crippen LogP contribution < -0.4 is 14.8 Å². The molecular weight excluding hydrogens is 246 g/mol. The monoisotopic (exact) mass is 255 g/mol. The third-order valence-electron chi connectivity index (χ3n) is 2.50. The van der Waals surface area contributed by atoms with E-state index in [0.29, 0.717) is 9.20 Å². The predicted molar refractivity (Wildman–Crippen MR) is 72.8 cm³/mol. The summed E-state index contributed by atoms with van der Waals surface area (Å²) in [6, 6.07) is 5.71. The van der Waals surface area contributed by atoms with Gasteiger partial charge >= 0.3 is 0 Å². The molecule has 0 unspecified atom stereocenters. The molecule has 1 aromatic carbocycles. The molecule has 4 nitrogen and oxygen atoms in total. The lowest BCUT2D eigenvalue weighted by Crippen LogP contribution is -2.19. The van der Waals surface area contributed by atoms with Gasteiger partial charge < -0.3 is 4.98 Å². The first-order chi connectivity index (χ1) is 8.72. The predicted octanol–water partition coefficient (Wildman–Crippen LogP) is 0.619. The van der Waals surface area contributed by atoms with Gasteiger partial charge in [0.25, 0.3) is 5.56 Å². The maximum absolute atomic E-state index is 11.6. The molecule has 2 heterocycles. The number of H-pyrrole nitrogens is 1. The van der Waals surface area contributed by atoms with Crippen molar-refractivity contribution in [3.05, 3.63) is 55.7 Å². The van der Waals surface area contributed by atoms with E-state index in [2.05, 4.69) is 21.5 Å². The number of fused-ring (bicyclic) bond motifs is 1. The zero-order valence-corrected chi connectivity index (χ0v) is 10.2. The van der Waals surface area contributed by atoms with Crippen LogP contribution in [0, 0.1) is 0 Å². The molecule has 0 aliphatic heterocycles. The van der Waals surface area contributed by atoms with Crippen LogP contribution in [0.1, 0.15) is 5.56 Å². The third kappa shape index (κ3) is 1.96. The lowest BCUT2D eigenvalue weighted by atomic mass is 10.2. The van der Waals surface area contributed by atoms with Crippen molar-refractivity contribution in [1.82, 2.24) is 15.0 Å². The molecule has 0 saturated heterocycles. The summed E-state index contributed by atoms with van der Waals surface area (Å²) >= 11 is 1.34. The van der Waals surface area contributed by atoms with Crippen molar-refractivity contribution in [3.8, 4) is 0 Å². The SMILES string of the molecule is C=c1[nH]c(=O)/c(=C/c2ccc3nccnc3c2)s1. The molecule has 88 valence electrons. The Balaban J connectivity index is 2.21. The van der Waals surface area contributed by atoms with E-state index in [1.165, 1.54) is 11.3 Å². The number of aromatic amines is 1. The van der Waals surface area contributed by atoms with Gasteiger partial charge in [0.15, 0.2) is 0 Å². The Morgan fingerprint density at radius 3 is 2.72 bits per heavy atom. The summed E-state index contributed by atoms with van der Waals surface area (Å²) in [7, 11) is 0. The van der Waals surface area contributed by atoms with Gasteiger partial charge in [0, 0.05) is 12.4 Å². The highest BCUT2D eigenvalue weighted by Crippen LogP contribution is 2.10. The van der Waals surface area contributed by atoms with Crippen molar-refractivity contribution < 1.29 is 0 Å². The summed E-state index contributed by atoms with van der Waals surface area (Å²) in [4.78, 5) is 22.7. The summed E-state index contributed by atoms with van der Waals surface area (Å²) < 4.78 is 1.30. The van der Waals surface area contributed by atoms with Gasteiger partial charge in [0.1, 0.15) is 0 Å². The van der Waals surface area contributed by atoms with E-state index < -0.39 is 0 Å². The second-order valence-electron chi connectivity index (χ2n) is 3.79. The fourth-order valence-corrected chi connectivity index (χ4v) is 2.46. The first-order valence-corrected chi connectivity index (χ1v) is 6.14. The lowest BCUT2D eigenvalue weighted by Gasteiger charge is -1.96. The van der Waals surface area contributed by atoms with Crippen molar-refractivity contribution in [3.63, 3.8) is 0 Å². The molecule has 2 aromatic heterocycles. The first-order valence-electron chi connectivity index (χ1n) is 5.33. The van der Waals surface area contributed by atoms with E-state index in [1.807, 2.05) is 24.3 Å². The second kappa shape index (κ2) is 4.19. The fraction of sp³-hybridized carbons (Fsp3) is 0. The van der Waals surface area contributed by atoms with Crippen molar-refractivity contribution in [1.29, 1.82) is 0 Å². The van der Waals surface area contributed by atoms with Crippen LogP contribution in [0.15, 0.2) is 35.4 Å². The number of nitrogens with one attached hydrogen (secondary N) is 1. The van der Waals surface area contributed by atoms with Crippen LogP contribution in [0.4, 0.5) is 0 Å². The number of hydrogen-bond donors (Lipinski definition) is 1. The van der Waals surface area contributed by atoms with Crippen molar-refractivity contribution in [2.45, 2.75) is 0 Å². The van der Waals surface area contributed by atoms with Crippen LogP contribution in [0.3, 0.4) is 0 Å². The van der Waals surface area contributed by atoms with E-state index in [0.717, 1.165) is 16.6 Å². The normalized spacial score (nSPS) is 12.1. The van der Waals surface area contributed by atoms with Gasteiger partial charge in [0.2, 0.25) is 0 Å². The van der Waals surface area contributed by atoms with Gasteiger partial charge in [-0.15, -0.1) is 11.3 Å². The summed E-state index contributed by atoms with van der Waals surface area (Å²) in [5.74, 6) is 0. The van der Waals surface area contributed by atoms with Crippen LogP contribution in [-0.2, 0) is 0 Å². The fourth-order valence-electron chi connectivity index (χ4n) is 1.71. The molecule has 0 saturated carbocycles. The van der Waals surface area contributed by atoms with Gasteiger partial charge in [0.05, 0.1) is 20.2 Å². The second-order valence-corrected chi connectivity index (χ2v) is 4.93. The van der Waals surface area contributed by atoms with Crippen molar-refractivity contribution >= 4 is 35.0 Å². The van der Waals surface area contributed by atoms with Gasteiger partial charge in [-0.05, 0) is 23.8 Å². The maximum Gasteiger partial charge on any atom is 0.266 e. The summed E-state index contributed by atoms with van der Waals surface area (Å²) in [6.45, 7) is 3.71. The van der Waals surface area contributed by atoms with E-state index in [1.54, 1.807) is 12.4 Å². The number of aromatic nitrogens is 3. The Kier molecular flexibility index (Phi) is 2.53. The quantitative estimate of drug-likeness (QED) is 0.693. The van der Waals surface area contributed by atoms with E-state index in [4.69, 9.17) is 0 Å². The smallest absolute Gasteiger partial charge is 0.266 e. The largest absolute Gasteiger partial charge is 0.313 e. The molecule has 5 heteroatoms. The highest BCUT2D eigenvalue weighted by molar-refractivity contribution is 7.07. The molecule has 0 spiro atoms. The van der Waals surface area contributed by atoms with Crippen LogP contribution in [0.25, 0.3) is 23.7 Å². The number of thiazole rings is 1. The van der Waals surface area contributed by atoms with Crippen LogP contribution in [0.2, 0.25) is 0 Å². The number of rotatable bonds is 1. The van der Waals surface area contributed by atoms with Gasteiger partial charge in [-0.2, -0.15) is 0 Å². The summed E-state index contributed by atoms with van der Waals surface area (Å²) in [5, 5.41) is 0.